The Labute approximate surface area is 181 Å². The third kappa shape index (κ3) is 5.55. The molecule has 1 aliphatic heterocycles. The number of piperazine rings is 1. The molecule has 1 saturated heterocycles. The van der Waals surface area contributed by atoms with Crippen LogP contribution in [0.1, 0.15) is 29.8 Å². The second-order valence-electron chi connectivity index (χ2n) is 7.54. The van der Waals surface area contributed by atoms with Crippen molar-refractivity contribution in [2.75, 3.05) is 26.2 Å². The topological polar surface area (TPSA) is 86.8 Å². The summed E-state index contributed by atoms with van der Waals surface area (Å²) in [7, 11) is -3.66. The number of sulfonamides is 1. The van der Waals surface area contributed by atoms with Gasteiger partial charge < -0.3 is 5.32 Å². The minimum atomic E-state index is -3.66. The third-order valence-corrected chi connectivity index (χ3v) is 7.39. The number of hydrogen-bond donors (Lipinski definition) is 1. The second kappa shape index (κ2) is 9.67. The number of rotatable bonds is 7. The molecule has 0 unspecified atom stereocenters. The number of halogens is 1. The van der Waals surface area contributed by atoms with E-state index in [0.29, 0.717) is 25.2 Å². The second-order valence-corrected chi connectivity index (χ2v) is 9.48. The highest BCUT2D eigenvalue weighted by Crippen LogP contribution is 2.19. The number of benzene rings is 2. The summed E-state index contributed by atoms with van der Waals surface area (Å²) in [4.78, 5) is 26.0. The number of amides is 1. The molecule has 166 valence electrons. The van der Waals surface area contributed by atoms with E-state index in [0.717, 1.165) is 5.56 Å². The predicted octanol–water partition coefficient (Wildman–Crippen LogP) is 2.04. The number of nitrogens with one attached hydrogen (secondary N) is 1. The largest absolute Gasteiger partial charge is 0.351 e. The summed E-state index contributed by atoms with van der Waals surface area (Å²) in [6.07, 6.45) is 0. The van der Waals surface area contributed by atoms with Gasteiger partial charge in [0.1, 0.15) is 5.82 Å². The quantitative estimate of drug-likeness (QED) is 0.657. The Bertz CT molecular complexity index is 1030. The minimum Gasteiger partial charge on any atom is -0.351 e. The maximum atomic E-state index is 13.0. The molecule has 0 saturated carbocycles. The fourth-order valence-corrected chi connectivity index (χ4v) is 4.87. The Balaban J connectivity index is 1.54. The van der Waals surface area contributed by atoms with Crippen molar-refractivity contribution >= 4 is 21.7 Å². The lowest BCUT2D eigenvalue weighted by atomic mass is 10.2. The van der Waals surface area contributed by atoms with Gasteiger partial charge in [0.15, 0.2) is 5.78 Å². The van der Waals surface area contributed by atoms with Crippen molar-refractivity contribution in [3.8, 4) is 0 Å². The number of carbonyl (C=O) groups excluding carboxylic acids is 2. The van der Waals surface area contributed by atoms with E-state index in [1.165, 1.54) is 47.6 Å². The van der Waals surface area contributed by atoms with Gasteiger partial charge >= 0.3 is 0 Å². The lowest BCUT2D eigenvalue weighted by Gasteiger charge is -2.36. The molecule has 0 bridgehead atoms. The Morgan fingerprint density at radius 1 is 1.00 bits per heavy atom. The molecule has 31 heavy (non-hydrogen) atoms. The van der Waals surface area contributed by atoms with Crippen LogP contribution in [0.15, 0.2) is 53.4 Å². The van der Waals surface area contributed by atoms with Crippen LogP contribution in [-0.4, -0.2) is 61.5 Å². The first-order valence-corrected chi connectivity index (χ1v) is 11.5. The highest BCUT2D eigenvalue weighted by molar-refractivity contribution is 7.89. The Kier molecular flexibility index (Phi) is 7.19. The van der Waals surface area contributed by atoms with Crippen molar-refractivity contribution in [1.29, 1.82) is 0 Å². The zero-order chi connectivity index (χ0) is 22.6. The monoisotopic (exact) mass is 447 g/mol. The van der Waals surface area contributed by atoms with Crippen LogP contribution < -0.4 is 5.32 Å². The maximum Gasteiger partial charge on any atom is 0.243 e. The van der Waals surface area contributed by atoms with E-state index in [-0.39, 0.29) is 35.5 Å². The average molecular weight is 448 g/mol. The number of carbonyl (C=O) groups is 2. The van der Waals surface area contributed by atoms with E-state index in [9.17, 15) is 22.4 Å². The fraction of sp³-hybridized carbons (Fsp3) is 0.364. The lowest BCUT2D eigenvalue weighted by molar-refractivity contribution is -0.126. The van der Waals surface area contributed by atoms with Gasteiger partial charge in [0.25, 0.3) is 0 Å². The SMILES string of the molecule is CC(=O)c1ccc(S(=O)(=O)N2CCN([C@H](C)C(=O)NCc3ccc(F)cc3)CC2)cc1. The summed E-state index contributed by atoms with van der Waals surface area (Å²) in [5.74, 6) is -0.615. The van der Waals surface area contributed by atoms with Crippen molar-refractivity contribution in [2.24, 2.45) is 0 Å². The molecule has 0 aromatic heterocycles. The number of ketones is 1. The molecule has 0 radical (unpaired) electrons. The van der Waals surface area contributed by atoms with Gasteiger partial charge in [0, 0.05) is 38.3 Å². The minimum absolute atomic E-state index is 0.121. The fourth-order valence-electron chi connectivity index (χ4n) is 3.45. The van der Waals surface area contributed by atoms with Gasteiger partial charge in [-0.15, -0.1) is 0 Å². The van der Waals surface area contributed by atoms with Crippen LogP contribution in [-0.2, 0) is 21.4 Å². The molecule has 1 fully saturated rings. The average Bonchev–Trinajstić information content (AvgIpc) is 2.78. The smallest absolute Gasteiger partial charge is 0.243 e. The van der Waals surface area contributed by atoms with Crippen molar-refractivity contribution < 1.29 is 22.4 Å². The number of nitrogens with zero attached hydrogens (tertiary/aromatic N) is 2. The van der Waals surface area contributed by atoms with Gasteiger partial charge in [0.05, 0.1) is 10.9 Å². The Hall–Kier alpha value is -2.62. The van der Waals surface area contributed by atoms with E-state index in [2.05, 4.69) is 5.32 Å². The van der Waals surface area contributed by atoms with Crippen LogP contribution in [0.25, 0.3) is 0 Å². The highest BCUT2D eigenvalue weighted by atomic mass is 32.2. The van der Waals surface area contributed by atoms with Gasteiger partial charge in [-0.05, 0) is 43.7 Å². The zero-order valence-electron chi connectivity index (χ0n) is 17.5. The molecule has 1 aliphatic rings. The summed E-state index contributed by atoms with van der Waals surface area (Å²) in [5, 5.41) is 2.83. The van der Waals surface area contributed by atoms with E-state index >= 15 is 0 Å². The Morgan fingerprint density at radius 2 is 1.58 bits per heavy atom. The molecule has 0 spiro atoms. The van der Waals surface area contributed by atoms with E-state index in [1.807, 2.05) is 4.90 Å². The molecule has 2 aromatic rings. The number of hydrogen-bond acceptors (Lipinski definition) is 5. The Morgan fingerprint density at radius 3 is 2.13 bits per heavy atom. The van der Waals surface area contributed by atoms with Gasteiger partial charge in [-0.1, -0.05) is 24.3 Å². The lowest BCUT2D eigenvalue weighted by Crippen LogP contribution is -2.54. The van der Waals surface area contributed by atoms with Gasteiger partial charge in [-0.25, -0.2) is 12.8 Å². The third-order valence-electron chi connectivity index (χ3n) is 5.48. The molecule has 9 heteroatoms. The zero-order valence-corrected chi connectivity index (χ0v) is 18.4. The van der Waals surface area contributed by atoms with Gasteiger partial charge in [-0.3, -0.25) is 14.5 Å². The summed E-state index contributed by atoms with van der Waals surface area (Å²) in [6.45, 7) is 4.91. The van der Waals surface area contributed by atoms with Crippen LogP contribution in [0.3, 0.4) is 0 Å². The van der Waals surface area contributed by atoms with Crippen LogP contribution in [0.5, 0.6) is 0 Å². The van der Waals surface area contributed by atoms with E-state index in [1.54, 1.807) is 19.1 Å². The van der Waals surface area contributed by atoms with Crippen LogP contribution >= 0.6 is 0 Å². The first kappa shape index (κ1) is 23.1. The molecule has 7 nitrogen and oxygen atoms in total. The van der Waals surface area contributed by atoms with Crippen LogP contribution in [0, 0.1) is 5.82 Å². The molecule has 3 rings (SSSR count). The number of Topliss-reactive ketones (excluding diaryl/α,β-unsaturated/α-hetero) is 1. The predicted molar refractivity (Wildman–Crippen MR) is 114 cm³/mol. The summed E-state index contributed by atoms with van der Waals surface area (Å²) >= 11 is 0. The van der Waals surface area contributed by atoms with Crippen molar-refractivity contribution in [3.05, 3.63) is 65.5 Å². The summed E-state index contributed by atoms with van der Waals surface area (Å²) in [6, 6.07) is 11.4. The summed E-state index contributed by atoms with van der Waals surface area (Å²) < 4.78 is 40.1. The maximum absolute atomic E-state index is 13.0. The first-order chi connectivity index (χ1) is 14.7. The van der Waals surface area contributed by atoms with Gasteiger partial charge in [0.2, 0.25) is 15.9 Å². The standard InChI is InChI=1S/C22H26FN3O4S/c1-16(22(28)24-15-18-3-7-20(23)8-4-18)25-11-13-26(14-12-25)31(29,30)21-9-5-19(6-10-21)17(2)27/h3-10,16H,11-15H2,1-2H3,(H,24,28)/t16-/m1/s1. The summed E-state index contributed by atoms with van der Waals surface area (Å²) in [5.41, 5.74) is 1.26. The molecule has 0 aliphatic carbocycles. The van der Waals surface area contributed by atoms with Crippen molar-refractivity contribution in [1.82, 2.24) is 14.5 Å². The molecule has 1 amide bonds. The highest BCUT2D eigenvalue weighted by Gasteiger charge is 2.31. The first-order valence-electron chi connectivity index (χ1n) is 10.1. The van der Waals surface area contributed by atoms with Crippen LogP contribution in [0.2, 0.25) is 0 Å². The molecule has 1 heterocycles. The molecule has 1 atom stereocenters. The van der Waals surface area contributed by atoms with E-state index < -0.39 is 16.1 Å². The van der Waals surface area contributed by atoms with Crippen molar-refractivity contribution in [3.63, 3.8) is 0 Å². The molecular formula is C22H26FN3O4S. The van der Waals surface area contributed by atoms with Crippen LogP contribution in [0.4, 0.5) is 4.39 Å². The molecular weight excluding hydrogens is 421 g/mol. The van der Waals surface area contributed by atoms with E-state index in [4.69, 9.17) is 0 Å². The normalized spacial score (nSPS) is 16.6. The molecule has 1 N–H and O–H groups in total. The molecule has 2 aromatic carbocycles. The van der Waals surface area contributed by atoms with Crippen molar-refractivity contribution in [2.45, 2.75) is 31.3 Å². The van der Waals surface area contributed by atoms with Gasteiger partial charge in [-0.2, -0.15) is 4.31 Å².